The summed E-state index contributed by atoms with van der Waals surface area (Å²) in [5.74, 6) is -0.754. The van der Waals surface area contributed by atoms with Gasteiger partial charge in [-0.2, -0.15) is 0 Å². The molecule has 0 bridgehead atoms. The van der Waals surface area contributed by atoms with Gasteiger partial charge in [0, 0.05) is 29.9 Å². The molecule has 3 rings (SSSR count). The molecule has 0 spiro atoms. The Labute approximate surface area is 207 Å². The van der Waals surface area contributed by atoms with Crippen molar-refractivity contribution in [1.82, 2.24) is 4.90 Å². The van der Waals surface area contributed by atoms with Crippen LogP contribution in [-0.4, -0.2) is 64.6 Å². The molecule has 1 amide bonds. The summed E-state index contributed by atoms with van der Waals surface area (Å²) in [5.41, 5.74) is -0.834. The van der Waals surface area contributed by atoms with Crippen LogP contribution in [0.5, 0.6) is 11.5 Å². The monoisotopic (exact) mass is 508 g/mol. The van der Waals surface area contributed by atoms with Crippen LogP contribution < -0.4 is 9.47 Å². The fraction of sp³-hybridized carbons (Fsp3) is 0.480. The Morgan fingerprint density at radius 2 is 1.83 bits per heavy atom. The predicted molar refractivity (Wildman–Crippen MR) is 126 cm³/mol. The Hall–Kier alpha value is -3.47. The van der Waals surface area contributed by atoms with Crippen LogP contribution in [0.25, 0.3) is 0 Å². The van der Waals surface area contributed by atoms with Crippen molar-refractivity contribution >= 4 is 6.09 Å². The van der Waals surface area contributed by atoms with Crippen molar-refractivity contribution in [1.29, 1.82) is 0 Å². The van der Waals surface area contributed by atoms with Gasteiger partial charge in [-0.15, -0.1) is 0 Å². The minimum atomic E-state index is -1.67. The molecule has 1 N–H and O–H groups in total. The van der Waals surface area contributed by atoms with E-state index in [2.05, 4.69) is 0 Å². The number of methoxy groups -OCH3 is 1. The van der Waals surface area contributed by atoms with Gasteiger partial charge in [-0.3, -0.25) is 15.0 Å². The zero-order valence-electron chi connectivity index (χ0n) is 20.5. The lowest BCUT2D eigenvalue weighted by Crippen LogP contribution is -2.51. The summed E-state index contributed by atoms with van der Waals surface area (Å²) in [6, 6.07) is 6.73. The molecule has 0 aromatic heterocycles. The topological polar surface area (TPSA) is 111 Å². The third-order valence-corrected chi connectivity index (χ3v) is 5.70. The van der Waals surface area contributed by atoms with E-state index in [4.69, 9.17) is 14.2 Å². The van der Waals surface area contributed by atoms with Gasteiger partial charge in [-0.25, -0.2) is 13.6 Å². The van der Waals surface area contributed by atoms with Crippen LogP contribution in [0, 0.1) is 21.7 Å². The van der Waals surface area contributed by atoms with Crippen LogP contribution in [0.3, 0.4) is 0 Å². The molecule has 1 aliphatic heterocycles. The van der Waals surface area contributed by atoms with Gasteiger partial charge in [0.2, 0.25) is 6.04 Å². The normalized spacial score (nSPS) is 19.5. The molecule has 0 saturated carbocycles. The van der Waals surface area contributed by atoms with E-state index in [1.54, 1.807) is 45.0 Å². The number of amides is 1. The smallest absolute Gasteiger partial charge is 0.410 e. The Morgan fingerprint density at radius 1 is 1.19 bits per heavy atom. The maximum Gasteiger partial charge on any atom is 0.410 e. The van der Waals surface area contributed by atoms with E-state index in [0.29, 0.717) is 17.6 Å². The van der Waals surface area contributed by atoms with Crippen LogP contribution in [-0.2, 0) is 11.2 Å². The van der Waals surface area contributed by atoms with Gasteiger partial charge in [-0.1, -0.05) is 6.07 Å². The molecule has 1 aliphatic rings. The highest BCUT2D eigenvalue weighted by molar-refractivity contribution is 5.69. The lowest BCUT2D eigenvalue weighted by Gasteiger charge is -2.31. The second kappa shape index (κ2) is 11.1. The van der Waals surface area contributed by atoms with Gasteiger partial charge in [0.15, 0.2) is 0 Å². The number of carbonyl (C=O) groups is 1. The first-order chi connectivity index (χ1) is 16.9. The van der Waals surface area contributed by atoms with Gasteiger partial charge >= 0.3 is 6.09 Å². The quantitative estimate of drug-likeness (QED) is 0.424. The van der Waals surface area contributed by atoms with Crippen molar-refractivity contribution in [2.24, 2.45) is 0 Å². The lowest BCUT2D eigenvalue weighted by molar-refractivity contribution is -0.535. The molecule has 1 saturated heterocycles. The Bertz CT molecular complexity index is 1070. The van der Waals surface area contributed by atoms with Crippen LogP contribution in [0.4, 0.5) is 13.6 Å². The number of ether oxygens (including phenoxy) is 3. The van der Waals surface area contributed by atoms with E-state index < -0.39 is 59.0 Å². The Kier molecular flexibility index (Phi) is 8.34. The third-order valence-electron chi connectivity index (χ3n) is 5.70. The van der Waals surface area contributed by atoms with E-state index in [9.17, 15) is 28.8 Å². The molecule has 36 heavy (non-hydrogen) atoms. The number of hydrogen-bond donors (Lipinski definition) is 1. The summed E-state index contributed by atoms with van der Waals surface area (Å²) in [4.78, 5) is 25.4. The van der Waals surface area contributed by atoms with Gasteiger partial charge in [-0.05, 0) is 50.6 Å². The highest BCUT2D eigenvalue weighted by Gasteiger charge is 2.47. The van der Waals surface area contributed by atoms with Crippen LogP contribution in [0.2, 0.25) is 0 Å². The second-order valence-electron chi connectivity index (χ2n) is 9.68. The molecule has 4 atom stereocenters. The summed E-state index contributed by atoms with van der Waals surface area (Å²) in [6.07, 6.45) is -3.41. The van der Waals surface area contributed by atoms with E-state index in [-0.39, 0.29) is 18.5 Å². The molecular formula is C25H30F2N2O7. The van der Waals surface area contributed by atoms with Gasteiger partial charge < -0.3 is 19.3 Å². The highest BCUT2D eigenvalue weighted by atomic mass is 19.1. The fourth-order valence-corrected chi connectivity index (χ4v) is 4.18. The fourth-order valence-electron chi connectivity index (χ4n) is 4.18. The van der Waals surface area contributed by atoms with E-state index in [0.717, 1.165) is 12.1 Å². The summed E-state index contributed by atoms with van der Waals surface area (Å²) in [7, 11) is 1.51. The molecule has 1 fully saturated rings. The summed E-state index contributed by atoms with van der Waals surface area (Å²) >= 11 is 0. The number of aliphatic hydroxyl groups excluding tert-OH is 1. The molecule has 2 aromatic rings. The Balaban J connectivity index is 1.86. The number of nitrogens with zero attached hydrogens (tertiary/aromatic N) is 2. The van der Waals surface area contributed by atoms with Crippen LogP contribution in [0.1, 0.15) is 32.8 Å². The predicted octanol–water partition coefficient (Wildman–Crippen LogP) is 3.98. The van der Waals surface area contributed by atoms with Crippen molar-refractivity contribution in [3.05, 3.63) is 69.8 Å². The standard InChI is InChI=1S/C25H30F2N2O7/c1-25(2,3)36-24(31)28-14-20(35-19-7-5-6-18(12-19)34-4)13-21(28)23(30)22(29(32)33)10-15-8-16(26)11-17(27)9-15/h5-9,11-12,20-23,30H,10,13-14H2,1-4H3/t20-,21-,22+,23-/m1/s1. The number of aliphatic hydroxyl groups is 1. The average Bonchev–Trinajstić information content (AvgIpc) is 3.19. The number of hydrogen-bond acceptors (Lipinski definition) is 7. The molecule has 2 aromatic carbocycles. The van der Waals surface area contributed by atoms with Gasteiger partial charge in [0.25, 0.3) is 0 Å². The summed E-state index contributed by atoms with van der Waals surface area (Å²) in [6.45, 7) is 5.03. The van der Waals surface area contributed by atoms with Gasteiger partial charge in [0.05, 0.1) is 19.7 Å². The highest BCUT2D eigenvalue weighted by Crippen LogP contribution is 2.30. The average molecular weight is 509 g/mol. The second-order valence-corrected chi connectivity index (χ2v) is 9.68. The van der Waals surface area contributed by atoms with Crippen molar-refractivity contribution in [3.8, 4) is 11.5 Å². The molecule has 11 heteroatoms. The molecule has 0 aliphatic carbocycles. The number of benzene rings is 2. The summed E-state index contributed by atoms with van der Waals surface area (Å²) < 4.78 is 43.9. The van der Waals surface area contributed by atoms with Crippen LogP contribution >= 0.6 is 0 Å². The first kappa shape index (κ1) is 27.1. The molecule has 196 valence electrons. The number of rotatable bonds is 8. The first-order valence-electron chi connectivity index (χ1n) is 11.4. The van der Waals surface area contributed by atoms with Gasteiger partial charge in [0.1, 0.15) is 40.9 Å². The van der Waals surface area contributed by atoms with Crippen molar-refractivity contribution in [3.63, 3.8) is 0 Å². The van der Waals surface area contributed by atoms with E-state index in [1.807, 2.05) is 0 Å². The summed E-state index contributed by atoms with van der Waals surface area (Å²) in [5, 5.41) is 23.0. The lowest BCUT2D eigenvalue weighted by atomic mass is 9.95. The zero-order valence-corrected chi connectivity index (χ0v) is 20.5. The minimum Gasteiger partial charge on any atom is -0.497 e. The number of halogens is 2. The SMILES string of the molecule is COc1cccc(O[C@@H]2C[C@H]([C@@H](O)[C@H](Cc3cc(F)cc(F)c3)[N+](=O)[O-])N(C(=O)OC(C)(C)C)C2)c1. The minimum absolute atomic E-state index is 0.00682. The number of carbonyl (C=O) groups excluding carboxylic acids is 1. The molecule has 0 radical (unpaired) electrons. The molecular weight excluding hydrogens is 478 g/mol. The number of nitro groups is 1. The van der Waals surface area contributed by atoms with Crippen molar-refractivity contribution in [2.45, 2.75) is 63.5 Å². The Morgan fingerprint density at radius 3 is 2.42 bits per heavy atom. The van der Waals surface area contributed by atoms with Crippen molar-refractivity contribution in [2.75, 3.05) is 13.7 Å². The van der Waals surface area contributed by atoms with E-state index in [1.165, 1.54) is 12.0 Å². The molecule has 0 unspecified atom stereocenters. The van der Waals surface area contributed by atoms with Crippen LogP contribution in [0.15, 0.2) is 42.5 Å². The third kappa shape index (κ3) is 7.03. The van der Waals surface area contributed by atoms with Crippen molar-refractivity contribution < 1.29 is 37.8 Å². The first-order valence-corrected chi connectivity index (χ1v) is 11.4. The largest absolute Gasteiger partial charge is 0.497 e. The molecule has 1 heterocycles. The molecule has 9 nitrogen and oxygen atoms in total. The zero-order chi connectivity index (χ0) is 26.6. The maximum absolute atomic E-state index is 13.7. The number of likely N-dealkylation sites (tertiary alicyclic amines) is 1. The van der Waals surface area contributed by atoms with E-state index >= 15 is 0 Å². The maximum atomic E-state index is 13.7.